The summed E-state index contributed by atoms with van der Waals surface area (Å²) in [5.41, 5.74) is -1.56. The third-order valence-corrected chi connectivity index (χ3v) is 7.66. The van der Waals surface area contributed by atoms with E-state index in [-0.39, 0.29) is 12.1 Å². The highest BCUT2D eigenvalue weighted by atomic mass is 32.2. The first kappa shape index (κ1) is 28.6. The first-order valence-corrected chi connectivity index (χ1v) is 13.7. The molecule has 3 amide bonds. The Morgan fingerprint density at radius 2 is 1.62 bits per heavy atom. The van der Waals surface area contributed by atoms with Gasteiger partial charge in [-0.2, -0.15) is 13.2 Å². The van der Waals surface area contributed by atoms with Crippen LogP contribution in [0.3, 0.4) is 0 Å². The Balaban J connectivity index is 1.68. The lowest BCUT2D eigenvalue weighted by Crippen LogP contribution is -2.43. The number of carboxylic acids is 1. The van der Waals surface area contributed by atoms with Gasteiger partial charge in [-0.25, -0.2) is 22.9 Å². The van der Waals surface area contributed by atoms with Crippen LogP contribution in [-0.4, -0.2) is 48.1 Å². The summed E-state index contributed by atoms with van der Waals surface area (Å²) in [5, 5.41) is 12.2. The van der Waals surface area contributed by atoms with Gasteiger partial charge >= 0.3 is 18.2 Å². The summed E-state index contributed by atoms with van der Waals surface area (Å²) in [7, 11) is -4.25. The van der Waals surface area contributed by atoms with E-state index in [1.807, 2.05) is 0 Å². The van der Waals surface area contributed by atoms with Crippen molar-refractivity contribution in [3.8, 4) is 0 Å². The minimum atomic E-state index is -5.05. The molecule has 0 bridgehead atoms. The molecule has 1 fully saturated rings. The second-order valence-corrected chi connectivity index (χ2v) is 11.7. The van der Waals surface area contributed by atoms with Crippen molar-refractivity contribution in [1.29, 1.82) is 0 Å². The molecule has 0 aliphatic carbocycles. The number of urea groups is 1. The first-order chi connectivity index (χ1) is 18.5. The molecule has 40 heavy (non-hydrogen) atoms. The van der Waals surface area contributed by atoms with E-state index >= 15 is 0 Å². The quantitative estimate of drug-likeness (QED) is 0.367. The van der Waals surface area contributed by atoms with Crippen molar-refractivity contribution >= 4 is 44.8 Å². The topological polar surface area (TPSA) is 124 Å². The number of hydrogen-bond donors (Lipinski definition) is 2. The van der Waals surface area contributed by atoms with Crippen molar-refractivity contribution in [2.24, 2.45) is 0 Å². The van der Waals surface area contributed by atoms with Gasteiger partial charge in [0, 0.05) is 17.6 Å². The second kappa shape index (κ2) is 9.97. The monoisotopic (exact) mass is 575 g/mol. The fourth-order valence-electron chi connectivity index (χ4n) is 4.33. The van der Waals surface area contributed by atoms with Gasteiger partial charge in [-0.15, -0.1) is 0 Å². The van der Waals surface area contributed by atoms with Crippen LogP contribution in [0.1, 0.15) is 35.3 Å². The maximum absolute atomic E-state index is 13.7. The van der Waals surface area contributed by atoms with E-state index in [0.29, 0.717) is 34.2 Å². The fourth-order valence-corrected chi connectivity index (χ4v) is 5.22. The molecule has 2 N–H and O–H groups in total. The normalized spacial score (nSPS) is 15.4. The van der Waals surface area contributed by atoms with E-state index in [4.69, 9.17) is 5.11 Å². The molecular weight excluding hydrogens is 551 g/mol. The van der Waals surface area contributed by atoms with Crippen LogP contribution in [0, 0.1) is 0 Å². The fraction of sp³-hybridized carbons (Fsp3) is 0.222. The summed E-state index contributed by atoms with van der Waals surface area (Å²) in [6.07, 6.45) is -4.41. The molecule has 0 aromatic heterocycles. The highest BCUT2D eigenvalue weighted by Gasteiger charge is 2.52. The number of benzene rings is 3. The van der Waals surface area contributed by atoms with Gasteiger partial charge in [0.15, 0.2) is 9.84 Å². The summed E-state index contributed by atoms with van der Waals surface area (Å²) in [6.45, 7) is 2.82. The van der Waals surface area contributed by atoms with Crippen LogP contribution in [-0.2, 0) is 27.4 Å². The Hall–Kier alpha value is -4.39. The summed E-state index contributed by atoms with van der Waals surface area (Å²) in [6, 6.07) is 14.2. The van der Waals surface area contributed by atoms with Crippen LogP contribution in [0.15, 0.2) is 71.6 Å². The largest absolute Gasteiger partial charge is 0.478 e. The lowest BCUT2D eigenvalue weighted by molar-refractivity contribution is -0.139. The predicted octanol–water partition coefficient (Wildman–Crippen LogP) is 5.30. The summed E-state index contributed by atoms with van der Waals surface area (Å²) < 4.78 is 65.1. The van der Waals surface area contributed by atoms with Gasteiger partial charge in [0.25, 0.3) is 5.91 Å². The van der Waals surface area contributed by atoms with Crippen molar-refractivity contribution in [3.63, 3.8) is 0 Å². The van der Waals surface area contributed by atoms with E-state index in [2.05, 4.69) is 5.32 Å². The van der Waals surface area contributed by atoms with Crippen molar-refractivity contribution in [3.05, 3.63) is 83.4 Å². The molecule has 0 spiro atoms. The third-order valence-electron chi connectivity index (χ3n) is 6.51. The smallest absolute Gasteiger partial charge is 0.417 e. The number of alkyl halides is 3. The van der Waals surface area contributed by atoms with Gasteiger partial charge in [-0.1, -0.05) is 18.2 Å². The number of nitrogens with zero attached hydrogens (tertiary/aromatic N) is 2. The molecule has 13 heteroatoms. The molecular formula is C27H24F3N3O6S. The molecule has 4 rings (SSSR count). The number of sulfone groups is 1. The number of rotatable bonds is 7. The zero-order valence-electron chi connectivity index (χ0n) is 21.5. The van der Waals surface area contributed by atoms with E-state index in [1.165, 1.54) is 30.9 Å². The second-order valence-electron chi connectivity index (χ2n) is 9.68. The Bertz CT molecular complexity index is 1620. The molecule has 0 saturated carbocycles. The van der Waals surface area contributed by atoms with Crippen molar-refractivity contribution in [2.75, 3.05) is 16.5 Å². The number of aromatic carboxylic acids is 1. The van der Waals surface area contributed by atoms with E-state index in [9.17, 15) is 36.0 Å². The maximum Gasteiger partial charge on any atom is 0.417 e. The molecule has 1 heterocycles. The predicted molar refractivity (Wildman–Crippen MR) is 140 cm³/mol. The van der Waals surface area contributed by atoms with Crippen molar-refractivity contribution in [2.45, 2.75) is 37.0 Å². The van der Waals surface area contributed by atoms with E-state index in [1.54, 1.807) is 36.4 Å². The Morgan fingerprint density at radius 1 is 1.00 bits per heavy atom. The molecule has 3 aromatic rings. The molecule has 0 radical (unpaired) electrons. The number of carboxylic acid groups (broad SMARTS) is 1. The van der Waals surface area contributed by atoms with Gasteiger partial charge in [-0.05, 0) is 67.9 Å². The van der Waals surface area contributed by atoms with Gasteiger partial charge in [-0.3, -0.25) is 4.79 Å². The Kier molecular flexibility index (Phi) is 7.13. The highest BCUT2D eigenvalue weighted by molar-refractivity contribution is 7.90. The molecule has 1 aliphatic rings. The van der Waals surface area contributed by atoms with E-state index in [0.717, 1.165) is 12.1 Å². The number of imide groups is 1. The number of amides is 3. The van der Waals surface area contributed by atoms with Crippen LogP contribution in [0.25, 0.3) is 0 Å². The first-order valence-electron chi connectivity index (χ1n) is 11.8. The summed E-state index contributed by atoms with van der Waals surface area (Å²) >= 11 is 0. The SMILES string of the molecule is CC1(C)C(=O)N(c2ccc(S(C)(=O)=O)c(C(F)(F)F)c2)C(=O)N1Cc1ccccc1Nc1ccc(C(=O)O)cc1. The number of nitrogens with one attached hydrogen (secondary N) is 1. The third kappa shape index (κ3) is 5.37. The van der Waals surface area contributed by atoms with Gasteiger partial charge in [0.05, 0.1) is 28.3 Å². The molecule has 0 atom stereocenters. The van der Waals surface area contributed by atoms with Crippen molar-refractivity contribution in [1.82, 2.24) is 4.90 Å². The lowest BCUT2D eigenvalue weighted by atomic mass is 10.0. The van der Waals surface area contributed by atoms with Crippen LogP contribution in [0.5, 0.6) is 0 Å². The standard InChI is InChI=1S/C27H24F3N3O6S/c1-26(2)24(36)33(19-12-13-22(40(3,38)39)20(14-19)27(28,29)30)25(37)32(26)15-17-6-4-5-7-21(17)31-18-10-8-16(9-11-18)23(34)35/h4-14,31H,15H2,1-3H3,(H,34,35). The van der Waals surface area contributed by atoms with Gasteiger partial charge in [0.1, 0.15) is 5.54 Å². The number of carbonyl (C=O) groups excluding carboxylic acids is 2. The zero-order chi connectivity index (χ0) is 29.6. The number of carbonyl (C=O) groups is 3. The van der Waals surface area contributed by atoms with Gasteiger partial charge in [0.2, 0.25) is 0 Å². The summed E-state index contributed by atoms with van der Waals surface area (Å²) in [4.78, 5) is 38.8. The summed E-state index contributed by atoms with van der Waals surface area (Å²) in [5.74, 6) is -1.86. The average molecular weight is 576 g/mol. The molecule has 1 aliphatic heterocycles. The number of hydrogen-bond acceptors (Lipinski definition) is 6. The lowest BCUT2D eigenvalue weighted by Gasteiger charge is -2.28. The molecule has 9 nitrogen and oxygen atoms in total. The number of para-hydroxylation sites is 1. The van der Waals surface area contributed by atoms with Crippen LogP contribution in [0.4, 0.5) is 35.0 Å². The minimum absolute atomic E-state index is 0.0973. The molecule has 0 unspecified atom stereocenters. The van der Waals surface area contributed by atoms with Crippen molar-refractivity contribution < 1.29 is 41.1 Å². The zero-order valence-corrected chi connectivity index (χ0v) is 22.3. The average Bonchev–Trinajstić information content (AvgIpc) is 3.03. The number of anilines is 3. The maximum atomic E-state index is 13.7. The molecule has 210 valence electrons. The highest BCUT2D eigenvalue weighted by Crippen LogP contribution is 2.40. The molecule has 1 saturated heterocycles. The van der Waals surface area contributed by atoms with Gasteiger partial charge < -0.3 is 15.3 Å². The minimum Gasteiger partial charge on any atom is -0.478 e. The van der Waals surface area contributed by atoms with Crippen LogP contribution in [0.2, 0.25) is 0 Å². The van der Waals surface area contributed by atoms with Crippen LogP contribution >= 0.6 is 0 Å². The Morgan fingerprint density at radius 3 is 2.20 bits per heavy atom. The van der Waals surface area contributed by atoms with Crippen LogP contribution < -0.4 is 10.2 Å². The van der Waals surface area contributed by atoms with E-state index < -0.39 is 55.6 Å². The Labute approximate surface area is 227 Å². The molecule has 3 aromatic carbocycles. The number of halogens is 3.